The summed E-state index contributed by atoms with van der Waals surface area (Å²) in [6.07, 6.45) is 22.6. The van der Waals surface area contributed by atoms with Crippen LogP contribution in [0.4, 0.5) is 0 Å². The van der Waals surface area contributed by atoms with Gasteiger partial charge in [0.2, 0.25) is 0 Å². The summed E-state index contributed by atoms with van der Waals surface area (Å²) >= 11 is 0. The first-order valence-electron chi connectivity index (χ1n) is 26.7. The van der Waals surface area contributed by atoms with Crippen molar-refractivity contribution in [3.63, 3.8) is 0 Å². The molecule has 0 spiro atoms. The number of unbranched alkanes of at least 4 members (excludes halogenated alkanes) is 2. The first-order valence-corrected chi connectivity index (χ1v) is 26.7. The van der Waals surface area contributed by atoms with E-state index in [2.05, 4.69) is 150 Å². The Morgan fingerprint density at radius 2 is 1.25 bits per heavy atom. The monoisotopic (exact) mass is 899 g/mol. The smallest absolute Gasteiger partial charge is 0.0920 e. The van der Waals surface area contributed by atoms with Gasteiger partial charge < -0.3 is 20.9 Å². The molecule has 4 unspecified atom stereocenters. The molecule has 1 heterocycles. The molecule has 0 bridgehead atoms. The summed E-state index contributed by atoms with van der Waals surface area (Å²) in [5, 5.41) is 11.0. The fraction of sp³-hybridized carbons (Fsp3) is 0.767. The standard InChI is InChI=1S/C31H55N3.C12H23N.C4H10.C4H8.C3H8.3C2H6/c1-12-26-20-27(23(4)5)34(21-26)24(6)29(31(11)18-14-13-15-19-31)33-25(7)32-28(30(8,9)10)17-16-22(2)3;1-6-7-8-12(13-5)9-11(4)10(2)3;2*1-3-4-2;1-3-2;3*1-2/h26-29,32-33H,2,4,6-7,12-21H2,1,3,5,8-11H3;12-13H,2,4,6-9H2,1,3,5H3;3-4H2,1-2H3;3H,1,4H2,2H3;3H2,1-2H3;3*1-2H3/t26-,27?,28?,29?;;;;;;;/m1......./s1. The molecule has 0 aromatic rings. The van der Waals surface area contributed by atoms with Gasteiger partial charge in [0.15, 0.2) is 0 Å². The number of allylic oxidation sites excluding steroid dienone is 3. The first kappa shape index (κ1) is 73.1. The van der Waals surface area contributed by atoms with Crippen LogP contribution < -0.4 is 16.0 Å². The number of nitrogens with zero attached hydrogens (tertiary/aromatic N) is 1. The average molecular weight is 900 g/mol. The molecule has 2 fully saturated rings. The zero-order valence-electron chi connectivity index (χ0n) is 48.1. The third kappa shape index (κ3) is 36.7. The molecular formula is C60H122N4. The van der Waals surface area contributed by atoms with Gasteiger partial charge in [-0.2, -0.15) is 0 Å². The van der Waals surface area contributed by atoms with Gasteiger partial charge in [-0.3, -0.25) is 0 Å². The molecule has 4 heteroatoms. The second kappa shape index (κ2) is 47.0. The molecular weight excluding hydrogens is 777 g/mol. The minimum Gasteiger partial charge on any atom is -0.369 e. The Morgan fingerprint density at radius 3 is 1.59 bits per heavy atom. The lowest BCUT2D eigenvalue weighted by Gasteiger charge is -2.46. The summed E-state index contributed by atoms with van der Waals surface area (Å²) in [7, 11) is 2.02. The van der Waals surface area contributed by atoms with E-state index in [4.69, 9.17) is 6.58 Å². The van der Waals surface area contributed by atoms with Gasteiger partial charge >= 0.3 is 0 Å². The van der Waals surface area contributed by atoms with Gasteiger partial charge in [-0.05, 0) is 95.9 Å². The second-order valence-electron chi connectivity index (χ2n) is 19.0. The zero-order valence-corrected chi connectivity index (χ0v) is 48.1. The highest BCUT2D eigenvalue weighted by Gasteiger charge is 2.42. The van der Waals surface area contributed by atoms with Gasteiger partial charge in [0.25, 0.3) is 0 Å². The van der Waals surface area contributed by atoms with Crippen LogP contribution in [0.1, 0.15) is 248 Å². The van der Waals surface area contributed by atoms with E-state index in [0.717, 1.165) is 43.6 Å². The number of likely N-dealkylation sites (tertiary alicyclic amines) is 1. The first-order chi connectivity index (χ1) is 30.1. The molecule has 1 saturated carbocycles. The van der Waals surface area contributed by atoms with Crippen molar-refractivity contribution in [2.75, 3.05) is 13.6 Å². The second-order valence-corrected chi connectivity index (χ2v) is 19.0. The number of hydrogen-bond donors (Lipinski definition) is 3. The van der Waals surface area contributed by atoms with Crippen molar-refractivity contribution in [3.8, 4) is 0 Å². The molecule has 4 nitrogen and oxygen atoms in total. The molecule has 1 saturated heterocycles. The van der Waals surface area contributed by atoms with Crippen molar-refractivity contribution >= 4 is 0 Å². The van der Waals surface area contributed by atoms with Crippen LogP contribution in [0.2, 0.25) is 0 Å². The molecule has 2 aliphatic rings. The molecule has 0 radical (unpaired) electrons. The zero-order chi connectivity index (χ0) is 51.5. The highest BCUT2D eigenvalue weighted by atomic mass is 15.2. The van der Waals surface area contributed by atoms with Gasteiger partial charge in [-0.15, -0.1) is 13.2 Å². The number of nitrogens with one attached hydrogen (secondary N) is 3. The maximum atomic E-state index is 4.74. The summed E-state index contributed by atoms with van der Waals surface area (Å²) < 4.78 is 0. The molecule has 382 valence electrons. The Bertz CT molecular complexity index is 1140. The average Bonchev–Trinajstić information content (AvgIpc) is 3.73. The Morgan fingerprint density at radius 1 is 0.766 bits per heavy atom. The van der Waals surface area contributed by atoms with Crippen LogP contribution in [0.3, 0.4) is 0 Å². The van der Waals surface area contributed by atoms with Crippen LogP contribution >= 0.6 is 0 Å². The third-order valence-electron chi connectivity index (χ3n) is 11.7. The highest BCUT2D eigenvalue weighted by molar-refractivity contribution is 5.23. The van der Waals surface area contributed by atoms with E-state index < -0.39 is 0 Å². The van der Waals surface area contributed by atoms with Crippen molar-refractivity contribution in [1.29, 1.82) is 0 Å². The van der Waals surface area contributed by atoms with Crippen LogP contribution in [-0.2, 0) is 0 Å². The van der Waals surface area contributed by atoms with Crippen LogP contribution in [0.15, 0.2) is 85.9 Å². The van der Waals surface area contributed by atoms with E-state index in [1.54, 1.807) is 0 Å². The Kier molecular flexibility index (Phi) is 53.8. The molecule has 3 N–H and O–H groups in total. The predicted octanol–water partition coefficient (Wildman–Crippen LogP) is 19.1. The Balaban J connectivity index is -0.000000230. The molecule has 2 rings (SSSR count). The van der Waals surface area contributed by atoms with Crippen LogP contribution in [0.25, 0.3) is 0 Å². The van der Waals surface area contributed by atoms with Crippen LogP contribution in [0, 0.1) is 16.7 Å². The van der Waals surface area contributed by atoms with Gasteiger partial charge in [0.1, 0.15) is 0 Å². The molecule has 0 amide bonds. The van der Waals surface area contributed by atoms with Gasteiger partial charge in [0, 0.05) is 30.4 Å². The summed E-state index contributed by atoms with van der Waals surface area (Å²) in [5.74, 6) is 1.64. The molecule has 1 aliphatic carbocycles. The Labute approximate surface area is 407 Å². The van der Waals surface area contributed by atoms with Crippen LogP contribution in [0.5, 0.6) is 0 Å². The highest BCUT2D eigenvalue weighted by Crippen LogP contribution is 2.44. The normalized spacial score (nSPS) is 16.9. The topological polar surface area (TPSA) is 39.3 Å². The van der Waals surface area contributed by atoms with Crippen molar-refractivity contribution in [2.24, 2.45) is 16.7 Å². The molecule has 1 aliphatic heterocycles. The fourth-order valence-corrected chi connectivity index (χ4v) is 7.29. The largest absolute Gasteiger partial charge is 0.369 e. The van der Waals surface area contributed by atoms with E-state index >= 15 is 0 Å². The van der Waals surface area contributed by atoms with Crippen LogP contribution in [-0.4, -0.2) is 42.7 Å². The van der Waals surface area contributed by atoms with Crippen molar-refractivity contribution in [1.82, 2.24) is 20.9 Å². The van der Waals surface area contributed by atoms with Gasteiger partial charge in [0.05, 0.1) is 11.9 Å². The van der Waals surface area contributed by atoms with Crippen molar-refractivity contribution in [2.45, 2.75) is 272 Å². The van der Waals surface area contributed by atoms with Gasteiger partial charge in [-0.1, -0.05) is 237 Å². The Hall–Kier alpha value is -2.46. The van der Waals surface area contributed by atoms with Crippen molar-refractivity contribution in [3.05, 3.63) is 85.9 Å². The number of hydrogen-bond acceptors (Lipinski definition) is 4. The molecule has 64 heavy (non-hydrogen) atoms. The van der Waals surface area contributed by atoms with E-state index in [-0.39, 0.29) is 16.9 Å². The third-order valence-corrected chi connectivity index (χ3v) is 11.7. The molecule has 0 aromatic carbocycles. The lowest BCUT2D eigenvalue weighted by Crippen LogP contribution is -2.53. The fourth-order valence-electron chi connectivity index (χ4n) is 7.29. The summed E-state index contributed by atoms with van der Waals surface area (Å²) in [6.45, 7) is 73.1. The molecule has 0 aromatic heterocycles. The lowest BCUT2D eigenvalue weighted by molar-refractivity contribution is 0.141. The summed E-state index contributed by atoms with van der Waals surface area (Å²) in [4.78, 5) is 2.57. The van der Waals surface area contributed by atoms with E-state index in [0.29, 0.717) is 24.0 Å². The van der Waals surface area contributed by atoms with Gasteiger partial charge in [-0.25, -0.2) is 0 Å². The van der Waals surface area contributed by atoms with Crippen molar-refractivity contribution < 1.29 is 0 Å². The predicted molar refractivity (Wildman–Crippen MR) is 303 cm³/mol. The maximum Gasteiger partial charge on any atom is 0.0920 e. The van der Waals surface area contributed by atoms with E-state index in [1.165, 1.54) is 106 Å². The minimum absolute atomic E-state index is 0.135. The lowest BCUT2D eigenvalue weighted by atomic mass is 9.69. The molecule has 5 atom stereocenters. The van der Waals surface area contributed by atoms with E-state index in [1.807, 2.05) is 61.6 Å². The number of rotatable bonds is 21. The summed E-state index contributed by atoms with van der Waals surface area (Å²) in [6, 6.07) is 1.47. The van der Waals surface area contributed by atoms with E-state index in [9.17, 15) is 0 Å². The summed E-state index contributed by atoms with van der Waals surface area (Å²) in [5.41, 5.74) is 6.32. The SMILES string of the molecule is C=C(C)C(=C)CC(CCCC)NC.C=C(C)CCC(NC(=C)NC(C(=C)N1C[C@H](CC)CC1C(=C)C)C1(C)CCCCC1)C(C)(C)C.C=CCC.CC.CC.CC.CCC.CCCC. The quantitative estimate of drug-likeness (QED) is 0.0793. The maximum absolute atomic E-state index is 4.74. The minimum atomic E-state index is 0.135.